The van der Waals surface area contributed by atoms with Crippen molar-refractivity contribution in [2.24, 2.45) is 0 Å². The van der Waals surface area contributed by atoms with E-state index in [-0.39, 0.29) is 11.5 Å². The van der Waals surface area contributed by atoms with Crippen molar-refractivity contribution in [3.8, 4) is 21.9 Å². The third-order valence-corrected chi connectivity index (χ3v) is 7.03. The molecule has 3 aromatic carbocycles. The van der Waals surface area contributed by atoms with Gasteiger partial charge in [0.1, 0.15) is 18.1 Å². The zero-order valence-corrected chi connectivity index (χ0v) is 19.0. The quantitative estimate of drug-likeness (QED) is 0.384. The van der Waals surface area contributed by atoms with E-state index < -0.39 is 0 Å². The van der Waals surface area contributed by atoms with Gasteiger partial charge in [-0.3, -0.25) is 9.69 Å². The maximum atomic E-state index is 13.6. The van der Waals surface area contributed by atoms with Crippen LogP contribution in [0.25, 0.3) is 20.5 Å². The molecule has 1 aliphatic rings. The molecule has 6 heteroatoms. The molecule has 0 saturated carbocycles. The second kappa shape index (κ2) is 9.75. The number of rotatable bonds is 7. The van der Waals surface area contributed by atoms with Crippen LogP contribution in [0.1, 0.15) is 15.9 Å². The summed E-state index contributed by atoms with van der Waals surface area (Å²) in [5.41, 5.74) is 2.27. The Kier molecular flexibility index (Phi) is 6.39. The molecular weight excluding hydrogens is 434 g/mol. The third-order valence-electron chi connectivity index (χ3n) is 5.83. The van der Waals surface area contributed by atoms with Gasteiger partial charge in [-0.25, -0.2) is 0 Å². The summed E-state index contributed by atoms with van der Waals surface area (Å²) >= 11 is 1.52. The summed E-state index contributed by atoms with van der Waals surface area (Å²) < 4.78 is 12.2. The Hall–Kier alpha value is -3.19. The number of ketones is 1. The zero-order chi connectivity index (χ0) is 22.6. The zero-order valence-electron chi connectivity index (χ0n) is 18.2. The van der Waals surface area contributed by atoms with Crippen LogP contribution in [0.5, 0.6) is 11.5 Å². The van der Waals surface area contributed by atoms with Gasteiger partial charge in [-0.05, 0) is 48.0 Å². The molecule has 168 valence electrons. The first-order valence-corrected chi connectivity index (χ1v) is 11.9. The SMILES string of the molecule is O=C(c1ccc(OCCN2CCOCC2)cc1)c1c(-c2ccccc2)sc2cc(O)ccc12. The number of thiophene rings is 1. The van der Waals surface area contributed by atoms with Crippen LogP contribution < -0.4 is 4.74 Å². The fraction of sp³-hybridized carbons (Fsp3) is 0.222. The monoisotopic (exact) mass is 459 g/mol. The van der Waals surface area contributed by atoms with Crippen LogP contribution in [0.15, 0.2) is 72.8 Å². The van der Waals surface area contributed by atoms with Crippen LogP contribution in [-0.4, -0.2) is 55.2 Å². The number of phenolic OH excluding ortho intramolecular Hbond substituents is 1. The second-order valence-electron chi connectivity index (χ2n) is 8.01. The first-order valence-electron chi connectivity index (χ1n) is 11.1. The van der Waals surface area contributed by atoms with Crippen molar-refractivity contribution in [2.45, 2.75) is 0 Å². The molecule has 2 heterocycles. The van der Waals surface area contributed by atoms with Gasteiger partial charge in [-0.15, -0.1) is 11.3 Å². The molecule has 4 aromatic rings. The summed E-state index contributed by atoms with van der Waals surface area (Å²) in [6, 6.07) is 22.4. The highest BCUT2D eigenvalue weighted by Gasteiger charge is 2.22. The van der Waals surface area contributed by atoms with Gasteiger partial charge in [0.05, 0.1) is 13.2 Å². The molecule has 0 spiro atoms. The average molecular weight is 460 g/mol. The summed E-state index contributed by atoms with van der Waals surface area (Å²) in [5.74, 6) is 0.912. The van der Waals surface area contributed by atoms with Crippen molar-refractivity contribution < 1.29 is 19.4 Å². The molecule has 1 saturated heterocycles. The minimum absolute atomic E-state index is 0.0364. The number of aromatic hydroxyl groups is 1. The van der Waals surface area contributed by atoms with Gasteiger partial charge in [-0.2, -0.15) is 0 Å². The summed E-state index contributed by atoms with van der Waals surface area (Å²) in [6.07, 6.45) is 0. The van der Waals surface area contributed by atoms with Crippen LogP contribution >= 0.6 is 11.3 Å². The van der Waals surface area contributed by atoms with Crippen molar-refractivity contribution in [1.29, 1.82) is 0 Å². The largest absolute Gasteiger partial charge is 0.508 e. The molecule has 33 heavy (non-hydrogen) atoms. The number of hydrogen-bond donors (Lipinski definition) is 1. The number of phenols is 1. The Morgan fingerprint density at radius 2 is 1.76 bits per heavy atom. The van der Waals surface area contributed by atoms with E-state index in [1.165, 1.54) is 11.3 Å². The van der Waals surface area contributed by atoms with E-state index in [0.29, 0.717) is 17.7 Å². The smallest absolute Gasteiger partial charge is 0.195 e. The highest BCUT2D eigenvalue weighted by atomic mass is 32.1. The highest BCUT2D eigenvalue weighted by molar-refractivity contribution is 7.22. The van der Waals surface area contributed by atoms with E-state index in [2.05, 4.69) is 4.90 Å². The Morgan fingerprint density at radius 3 is 2.52 bits per heavy atom. The topological polar surface area (TPSA) is 59.0 Å². The number of morpholine rings is 1. The lowest BCUT2D eigenvalue weighted by molar-refractivity contribution is 0.0322. The number of hydrogen-bond acceptors (Lipinski definition) is 6. The normalized spacial score (nSPS) is 14.4. The van der Waals surface area contributed by atoms with Crippen molar-refractivity contribution in [2.75, 3.05) is 39.5 Å². The lowest BCUT2D eigenvalue weighted by Gasteiger charge is -2.26. The van der Waals surface area contributed by atoms with E-state index in [1.807, 2.05) is 60.7 Å². The van der Waals surface area contributed by atoms with Gasteiger partial charge in [0, 0.05) is 45.7 Å². The van der Waals surface area contributed by atoms with E-state index in [4.69, 9.17) is 9.47 Å². The van der Waals surface area contributed by atoms with Crippen LogP contribution in [-0.2, 0) is 4.74 Å². The van der Waals surface area contributed by atoms with Gasteiger partial charge in [0.2, 0.25) is 0 Å². The Morgan fingerprint density at radius 1 is 1.00 bits per heavy atom. The third kappa shape index (κ3) is 4.78. The maximum Gasteiger partial charge on any atom is 0.195 e. The summed E-state index contributed by atoms with van der Waals surface area (Å²) in [7, 11) is 0. The molecule has 1 fully saturated rings. The average Bonchev–Trinajstić information content (AvgIpc) is 3.24. The number of nitrogens with zero attached hydrogens (tertiary/aromatic N) is 1. The van der Waals surface area contributed by atoms with Crippen LogP contribution in [0.2, 0.25) is 0 Å². The summed E-state index contributed by atoms with van der Waals surface area (Å²) in [6.45, 7) is 4.89. The summed E-state index contributed by atoms with van der Waals surface area (Å²) in [4.78, 5) is 16.9. The Labute approximate surface area is 196 Å². The molecule has 0 radical (unpaired) electrons. The molecule has 0 atom stereocenters. The fourth-order valence-electron chi connectivity index (χ4n) is 4.07. The molecule has 1 aliphatic heterocycles. The molecule has 1 N–H and O–H groups in total. The fourth-order valence-corrected chi connectivity index (χ4v) is 5.31. The number of fused-ring (bicyclic) bond motifs is 1. The molecule has 5 nitrogen and oxygen atoms in total. The van der Waals surface area contributed by atoms with Crippen molar-refractivity contribution >= 4 is 27.2 Å². The molecule has 5 rings (SSSR count). The van der Waals surface area contributed by atoms with Gasteiger partial charge in [0.15, 0.2) is 5.78 Å². The minimum atomic E-state index is -0.0364. The molecule has 0 unspecified atom stereocenters. The van der Waals surface area contributed by atoms with E-state index in [1.54, 1.807) is 12.1 Å². The van der Waals surface area contributed by atoms with Crippen LogP contribution in [0.3, 0.4) is 0 Å². The predicted octanol–water partition coefficient (Wildman–Crippen LogP) is 5.22. The van der Waals surface area contributed by atoms with E-state index in [9.17, 15) is 9.90 Å². The molecule has 0 aliphatic carbocycles. The van der Waals surface area contributed by atoms with E-state index in [0.717, 1.165) is 59.1 Å². The lowest BCUT2D eigenvalue weighted by Crippen LogP contribution is -2.38. The van der Waals surface area contributed by atoms with Gasteiger partial charge >= 0.3 is 0 Å². The summed E-state index contributed by atoms with van der Waals surface area (Å²) in [5, 5.41) is 10.8. The van der Waals surface area contributed by atoms with Gasteiger partial charge in [-0.1, -0.05) is 30.3 Å². The number of benzene rings is 3. The first kappa shape index (κ1) is 21.6. The molecular formula is C27H25NO4S. The van der Waals surface area contributed by atoms with E-state index >= 15 is 0 Å². The van der Waals surface area contributed by atoms with Crippen molar-refractivity contribution in [1.82, 2.24) is 4.90 Å². The molecule has 0 amide bonds. The number of ether oxygens (including phenoxy) is 2. The maximum absolute atomic E-state index is 13.6. The first-order chi connectivity index (χ1) is 16.2. The molecule has 0 bridgehead atoms. The number of carbonyl (C=O) groups is 1. The Bertz CT molecular complexity index is 1240. The predicted molar refractivity (Wildman–Crippen MR) is 132 cm³/mol. The van der Waals surface area contributed by atoms with Gasteiger partial charge in [0.25, 0.3) is 0 Å². The number of carbonyl (C=O) groups excluding carboxylic acids is 1. The highest BCUT2D eigenvalue weighted by Crippen LogP contribution is 2.41. The van der Waals surface area contributed by atoms with Crippen molar-refractivity contribution in [3.63, 3.8) is 0 Å². The van der Waals surface area contributed by atoms with Gasteiger partial charge < -0.3 is 14.6 Å². The molecule has 1 aromatic heterocycles. The lowest BCUT2D eigenvalue weighted by atomic mass is 9.97. The Balaban J connectivity index is 1.38. The standard InChI is InChI=1S/C27H25NO4S/c29-21-8-11-23-24(18-21)33-27(20-4-2-1-3-5-20)25(23)26(30)19-6-9-22(10-7-19)32-17-14-28-12-15-31-16-13-28/h1-11,18,29H,12-17H2. The minimum Gasteiger partial charge on any atom is -0.508 e. The van der Waals surface area contributed by atoms with Crippen LogP contribution in [0, 0.1) is 0 Å². The van der Waals surface area contributed by atoms with Crippen LogP contribution in [0.4, 0.5) is 0 Å². The van der Waals surface area contributed by atoms with Crippen molar-refractivity contribution in [3.05, 3.63) is 83.9 Å². The second-order valence-corrected chi connectivity index (χ2v) is 9.06.